The number of fused-ring (bicyclic) bond motifs is 1. The number of piperidine rings is 1. The van der Waals surface area contributed by atoms with E-state index in [0.717, 1.165) is 24.0 Å². The van der Waals surface area contributed by atoms with Gasteiger partial charge >= 0.3 is 5.69 Å². The summed E-state index contributed by atoms with van der Waals surface area (Å²) in [6.07, 6.45) is 4.80. The molecule has 2 aromatic rings. The normalized spacial score (nSPS) is 20.8. The third-order valence-corrected chi connectivity index (χ3v) is 3.52. The Labute approximate surface area is 99.4 Å². The first kappa shape index (κ1) is 10.6. The molecule has 1 fully saturated rings. The summed E-state index contributed by atoms with van der Waals surface area (Å²) in [4.78, 5) is 17.0. The summed E-state index contributed by atoms with van der Waals surface area (Å²) in [7, 11) is 0. The second kappa shape index (κ2) is 4.37. The van der Waals surface area contributed by atoms with E-state index in [1.807, 2.05) is 12.1 Å². The van der Waals surface area contributed by atoms with Crippen LogP contribution in [0.5, 0.6) is 0 Å². The number of hydrogen-bond donors (Lipinski definition) is 3. The topological polar surface area (TPSA) is 60.7 Å². The minimum absolute atomic E-state index is 0.121. The molecule has 1 aromatic carbocycles. The Kier molecular flexibility index (Phi) is 2.73. The number of hydrogen-bond acceptors (Lipinski definition) is 2. The van der Waals surface area contributed by atoms with E-state index in [1.165, 1.54) is 24.8 Å². The second-order valence-corrected chi connectivity index (χ2v) is 4.77. The predicted octanol–water partition coefficient (Wildman–Crippen LogP) is 1.54. The van der Waals surface area contributed by atoms with Crippen LogP contribution in [0, 0.1) is 0 Å². The Bertz CT molecular complexity index is 563. The van der Waals surface area contributed by atoms with E-state index in [1.54, 1.807) is 0 Å². The maximum absolute atomic E-state index is 11.3. The van der Waals surface area contributed by atoms with Gasteiger partial charge in [0, 0.05) is 6.04 Å². The molecular formula is C13H17N3O. The fourth-order valence-electron chi connectivity index (χ4n) is 2.65. The first-order valence-electron chi connectivity index (χ1n) is 6.26. The van der Waals surface area contributed by atoms with Crippen LogP contribution in [0.4, 0.5) is 0 Å². The number of H-pyrrole nitrogens is 2. The van der Waals surface area contributed by atoms with Crippen LogP contribution in [-0.4, -0.2) is 22.6 Å². The summed E-state index contributed by atoms with van der Waals surface area (Å²) in [6, 6.07) is 6.59. The van der Waals surface area contributed by atoms with Crippen molar-refractivity contribution in [2.24, 2.45) is 0 Å². The Morgan fingerprint density at radius 2 is 2.18 bits per heavy atom. The standard InChI is InChI=1S/C13H17N3O/c17-13-15-11-6-3-4-9(12(11)16-13)8-10-5-1-2-7-14-10/h3-4,6,10,14H,1-2,5,7-8H2,(H2,15,16,17). The summed E-state index contributed by atoms with van der Waals surface area (Å²) < 4.78 is 0. The van der Waals surface area contributed by atoms with Gasteiger partial charge in [0.2, 0.25) is 0 Å². The Morgan fingerprint density at radius 3 is 3.00 bits per heavy atom. The Hall–Kier alpha value is -1.55. The van der Waals surface area contributed by atoms with E-state index >= 15 is 0 Å². The highest BCUT2D eigenvalue weighted by Crippen LogP contribution is 2.18. The van der Waals surface area contributed by atoms with Crippen molar-refractivity contribution in [1.82, 2.24) is 15.3 Å². The molecule has 1 aliphatic heterocycles. The molecular weight excluding hydrogens is 214 g/mol. The molecule has 1 saturated heterocycles. The first-order valence-corrected chi connectivity index (χ1v) is 6.26. The van der Waals surface area contributed by atoms with E-state index in [4.69, 9.17) is 0 Å². The maximum Gasteiger partial charge on any atom is 0.323 e. The molecule has 1 atom stereocenters. The summed E-state index contributed by atoms with van der Waals surface area (Å²) in [6.45, 7) is 1.12. The molecule has 0 saturated carbocycles. The average molecular weight is 231 g/mol. The molecule has 0 spiro atoms. The molecule has 1 unspecified atom stereocenters. The van der Waals surface area contributed by atoms with Gasteiger partial charge in [-0.25, -0.2) is 4.79 Å². The lowest BCUT2D eigenvalue weighted by Crippen LogP contribution is -2.35. The van der Waals surface area contributed by atoms with Crippen LogP contribution in [0.15, 0.2) is 23.0 Å². The van der Waals surface area contributed by atoms with Crippen LogP contribution in [0.1, 0.15) is 24.8 Å². The van der Waals surface area contributed by atoms with E-state index < -0.39 is 0 Å². The highest BCUT2D eigenvalue weighted by atomic mass is 16.1. The lowest BCUT2D eigenvalue weighted by atomic mass is 9.97. The number of benzene rings is 1. The van der Waals surface area contributed by atoms with Crippen molar-refractivity contribution in [3.05, 3.63) is 34.2 Å². The largest absolute Gasteiger partial charge is 0.323 e. The van der Waals surface area contributed by atoms with Gasteiger partial charge in [-0.15, -0.1) is 0 Å². The molecule has 4 nitrogen and oxygen atoms in total. The molecule has 3 N–H and O–H groups in total. The molecule has 1 aliphatic rings. The molecule has 17 heavy (non-hydrogen) atoms. The quantitative estimate of drug-likeness (QED) is 0.734. The van der Waals surface area contributed by atoms with Gasteiger partial charge in [0.15, 0.2) is 0 Å². The van der Waals surface area contributed by atoms with Crippen LogP contribution in [0.2, 0.25) is 0 Å². The van der Waals surface area contributed by atoms with Gasteiger partial charge in [0.25, 0.3) is 0 Å². The van der Waals surface area contributed by atoms with E-state index in [-0.39, 0.29) is 5.69 Å². The monoisotopic (exact) mass is 231 g/mol. The minimum Gasteiger partial charge on any atom is -0.314 e. The maximum atomic E-state index is 11.3. The fourth-order valence-corrected chi connectivity index (χ4v) is 2.65. The van der Waals surface area contributed by atoms with Gasteiger partial charge in [-0.3, -0.25) is 0 Å². The van der Waals surface area contributed by atoms with E-state index in [9.17, 15) is 4.79 Å². The second-order valence-electron chi connectivity index (χ2n) is 4.77. The van der Waals surface area contributed by atoms with Crippen molar-refractivity contribution in [1.29, 1.82) is 0 Å². The third-order valence-electron chi connectivity index (χ3n) is 3.52. The van der Waals surface area contributed by atoms with Gasteiger partial charge in [0.05, 0.1) is 11.0 Å². The summed E-state index contributed by atoms with van der Waals surface area (Å²) in [5, 5.41) is 3.54. The Balaban J connectivity index is 1.91. The number of aromatic amines is 2. The van der Waals surface area contributed by atoms with Crippen LogP contribution in [-0.2, 0) is 6.42 Å². The SMILES string of the molecule is O=c1[nH]c2cccc(CC3CCCCN3)c2[nH]1. The summed E-state index contributed by atoms with van der Waals surface area (Å²) in [5.74, 6) is 0. The molecule has 0 aliphatic carbocycles. The third kappa shape index (κ3) is 2.13. The van der Waals surface area contributed by atoms with Crippen molar-refractivity contribution in [2.75, 3.05) is 6.54 Å². The zero-order valence-corrected chi connectivity index (χ0v) is 9.75. The molecule has 0 radical (unpaired) electrons. The molecule has 0 amide bonds. The first-order chi connectivity index (χ1) is 8.33. The predicted molar refractivity (Wildman–Crippen MR) is 68.3 cm³/mol. The summed E-state index contributed by atoms with van der Waals surface area (Å²) >= 11 is 0. The van der Waals surface area contributed by atoms with E-state index in [0.29, 0.717) is 6.04 Å². The lowest BCUT2D eigenvalue weighted by molar-refractivity contribution is 0.400. The van der Waals surface area contributed by atoms with Gasteiger partial charge in [-0.05, 0) is 37.4 Å². The van der Waals surface area contributed by atoms with Crippen molar-refractivity contribution in [3.63, 3.8) is 0 Å². The Morgan fingerprint density at radius 1 is 1.24 bits per heavy atom. The highest BCUT2D eigenvalue weighted by molar-refractivity contribution is 5.78. The van der Waals surface area contributed by atoms with Gasteiger partial charge in [-0.2, -0.15) is 0 Å². The van der Waals surface area contributed by atoms with Crippen LogP contribution < -0.4 is 11.0 Å². The van der Waals surface area contributed by atoms with Crippen molar-refractivity contribution in [3.8, 4) is 0 Å². The fraction of sp³-hybridized carbons (Fsp3) is 0.462. The van der Waals surface area contributed by atoms with Crippen molar-refractivity contribution < 1.29 is 0 Å². The number of para-hydroxylation sites is 1. The number of nitrogens with one attached hydrogen (secondary N) is 3. The number of aromatic nitrogens is 2. The lowest BCUT2D eigenvalue weighted by Gasteiger charge is -2.23. The van der Waals surface area contributed by atoms with Crippen LogP contribution in [0.3, 0.4) is 0 Å². The average Bonchev–Trinajstić information content (AvgIpc) is 2.72. The highest BCUT2D eigenvalue weighted by Gasteiger charge is 2.14. The van der Waals surface area contributed by atoms with E-state index in [2.05, 4.69) is 21.4 Å². The summed E-state index contributed by atoms with van der Waals surface area (Å²) in [5.41, 5.74) is 2.97. The van der Waals surface area contributed by atoms with Crippen molar-refractivity contribution >= 4 is 11.0 Å². The molecule has 3 rings (SSSR count). The number of rotatable bonds is 2. The van der Waals surface area contributed by atoms with Crippen LogP contribution >= 0.6 is 0 Å². The zero-order chi connectivity index (χ0) is 11.7. The van der Waals surface area contributed by atoms with Gasteiger partial charge in [-0.1, -0.05) is 18.6 Å². The molecule has 0 bridgehead atoms. The molecule has 2 heterocycles. The van der Waals surface area contributed by atoms with Gasteiger partial charge in [0.1, 0.15) is 0 Å². The van der Waals surface area contributed by atoms with Crippen LogP contribution in [0.25, 0.3) is 11.0 Å². The van der Waals surface area contributed by atoms with Gasteiger partial charge < -0.3 is 15.3 Å². The van der Waals surface area contributed by atoms with Crippen molar-refractivity contribution in [2.45, 2.75) is 31.7 Å². The molecule has 90 valence electrons. The molecule has 1 aromatic heterocycles. The smallest absolute Gasteiger partial charge is 0.314 e. The zero-order valence-electron chi connectivity index (χ0n) is 9.75. The molecule has 4 heteroatoms. The minimum atomic E-state index is -0.121. The number of imidazole rings is 1.